The fraction of sp³-hybridized carbons (Fsp3) is 0.571. The summed E-state index contributed by atoms with van der Waals surface area (Å²) in [6.45, 7) is 4.94. The second-order valence-corrected chi connectivity index (χ2v) is 5.15. The molecule has 0 fully saturated rings. The highest BCUT2D eigenvalue weighted by Crippen LogP contribution is 2.26. The summed E-state index contributed by atoms with van der Waals surface area (Å²) in [5, 5.41) is 21.8. The van der Waals surface area contributed by atoms with Crippen LogP contribution in [-0.4, -0.2) is 58.3 Å². The van der Waals surface area contributed by atoms with Crippen molar-refractivity contribution in [2.24, 2.45) is 0 Å². The highest BCUT2D eigenvalue weighted by molar-refractivity contribution is 5.94. The molecule has 9 nitrogen and oxygen atoms in total. The minimum atomic E-state index is -0.499. The van der Waals surface area contributed by atoms with Crippen LogP contribution in [-0.2, 0) is 0 Å². The molecule has 2 aromatic rings. The number of anilines is 4. The van der Waals surface area contributed by atoms with Gasteiger partial charge in [-0.15, -0.1) is 12.4 Å². The van der Waals surface area contributed by atoms with Crippen LogP contribution in [0.4, 0.5) is 23.5 Å². The van der Waals surface area contributed by atoms with Gasteiger partial charge < -0.3 is 26.4 Å². The first-order chi connectivity index (χ1) is 11.1. The van der Waals surface area contributed by atoms with Crippen molar-refractivity contribution >= 4 is 47.0 Å². The lowest BCUT2D eigenvalue weighted by atomic mass is 10.3. The van der Waals surface area contributed by atoms with E-state index < -0.39 is 6.10 Å². The number of aromatic nitrogens is 4. The summed E-state index contributed by atoms with van der Waals surface area (Å²) < 4.78 is 0. The van der Waals surface area contributed by atoms with Crippen LogP contribution >= 0.6 is 12.4 Å². The lowest BCUT2D eigenvalue weighted by Crippen LogP contribution is -2.18. The molecule has 134 valence electrons. The second kappa shape index (κ2) is 9.24. The standard InChI is InChI=1S/C14H24N8O.ClH/c1-5-6-17-11-9-10(20-13(15-3)21-11)12(18-7-8(2)23)22-14(16-4)19-9;/h8,23H,5-7H2,1-4H3,(H2,15,17,20,21)(H2,16,18,19,22);1H/t8-;/m0./s1. The van der Waals surface area contributed by atoms with Gasteiger partial charge in [-0.1, -0.05) is 6.92 Å². The van der Waals surface area contributed by atoms with E-state index in [1.165, 1.54) is 0 Å². The summed E-state index contributed by atoms with van der Waals surface area (Å²) in [5.41, 5.74) is 1.23. The lowest BCUT2D eigenvalue weighted by molar-refractivity contribution is 0.208. The minimum Gasteiger partial charge on any atom is -0.392 e. The van der Waals surface area contributed by atoms with Crippen LogP contribution in [0.2, 0.25) is 0 Å². The van der Waals surface area contributed by atoms with Gasteiger partial charge in [0.2, 0.25) is 11.9 Å². The summed E-state index contributed by atoms with van der Waals surface area (Å²) in [4.78, 5) is 17.8. The van der Waals surface area contributed by atoms with E-state index in [2.05, 4.69) is 48.1 Å². The summed E-state index contributed by atoms with van der Waals surface area (Å²) in [6, 6.07) is 0. The molecule has 1 atom stereocenters. The summed E-state index contributed by atoms with van der Waals surface area (Å²) in [6.07, 6.45) is 0.471. The number of halogens is 1. The largest absolute Gasteiger partial charge is 0.392 e. The smallest absolute Gasteiger partial charge is 0.225 e. The molecule has 2 aromatic heterocycles. The van der Waals surface area contributed by atoms with Gasteiger partial charge in [0.1, 0.15) is 11.0 Å². The van der Waals surface area contributed by atoms with Gasteiger partial charge in [0, 0.05) is 27.2 Å². The third-order valence-corrected chi connectivity index (χ3v) is 3.10. The van der Waals surface area contributed by atoms with Crippen molar-refractivity contribution in [1.29, 1.82) is 0 Å². The van der Waals surface area contributed by atoms with Crippen LogP contribution in [0.5, 0.6) is 0 Å². The van der Waals surface area contributed by atoms with E-state index in [1.54, 1.807) is 21.0 Å². The van der Waals surface area contributed by atoms with E-state index >= 15 is 0 Å². The Hall–Kier alpha value is -2.13. The maximum absolute atomic E-state index is 9.50. The van der Waals surface area contributed by atoms with Gasteiger partial charge in [0.15, 0.2) is 11.6 Å². The molecule has 0 aliphatic carbocycles. The van der Waals surface area contributed by atoms with Crippen LogP contribution in [0.3, 0.4) is 0 Å². The first-order valence-corrected chi connectivity index (χ1v) is 7.70. The molecule has 0 spiro atoms. The van der Waals surface area contributed by atoms with Crippen molar-refractivity contribution in [1.82, 2.24) is 19.9 Å². The number of hydrogen-bond donors (Lipinski definition) is 5. The number of nitrogens with one attached hydrogen (secondary N) is 4. The Balaban J connectivity index is 0.00000288. The molecule has 0 aliphatic heterocycles. The van der Waals surface area contributed by atoms with E-state index in [0.717, 1.165) is 13.0 Å². The highest BCUT2D eigenvalue weighted by Gasteiger charge is 2.15. The van der Waals surface area contributed by atoms with Crippen molar-refractivity contribution in [2.75, 3.05) is 48.5 Å². The molecule has 5 N–H and O–H groups in total. The molecule has 0 amide bonds. The van der Waals surface area contributed by atoms with Gasteiger partial charge in [0.25, 0.3) is 0 Å². The Labute approximate surface area is 147 Å². The molecule has 0 aromatic carbocycles. The predicted molar refractivity (Wildman–Crippen MR) is 100 cm³/mol. The van der Waals surface area contributed by atoms with Crippen molar-refractivity contribution in [3.63, 3.8) is 0 Å². The molecule has 10 heteroatoms. The van der Waals surface area contributed by atoms with E-state index in [1.807, 2.05) is 0 Å². The van der Waals surface area contributed by atoms with Crippen molar-refractivity contribution in [3.8, 4) is 0 Å². The predicted octanol–water partition coefficient (Wildman–Crippen LogP) is 1.54. The van der Waals surface area contributed by atoms with Gasteiger partial charge in [-0.3, -0.25) is 0 Å². The zero-order chi connectivity index (χ0) is 16.8. The molecule has 0 radical (unpaired) electrons. The zero-order valence-corrected chi connectivity index (χ0v) is 15.2. The van der Waals surface area contributed by atoms with Crippen molar-refractivity contribution in [3.05, 3.63) is 0 Å². The second-order valence-electron chi connectivity index (χ2n) is 5.15. The molecular weight excluding hydrogens is 332 g/mol. The third-order valence-electron chi connectivity index (χ3n) is 3.10. The van der Waals surface area contributed by atoms with Crippen LogP contribution in [0.15, 0.2) is 0 Å². The number of aliphatic hydroxyl groups excluding tert-OH is 1. The van der Waals surface area contributed by atoms with Crippen LogP contribution in [0.25, 0.3) is 11.0 Å². The Bertz CT molecular complexity index is 667. The normalized spacial score (nSPS) is 11.5. The molecule has 2 heterocycles. The van der Waals surface area contributed by atoms with Crippen molar-refractivity contribution in [2.45, 2.75) is 26.4 Å². The maximum atomic E-state index is 9.50. The van der Waals surface area contributed by atoms with Gasteiger partial charge in [0.05, 0.1) is 6.10 Å². The number of rotatable bonds is 8. The quantitative estimate of drug-likeness (QED) is 0.479. The van der Waals surface area contributed by atoms with Crippen LogP contribution in [0.1, 0.15) is 20.3 Å². The molecular formula is C14H25ClN8O. The Morgan fingerprint density at radius 1 is 0.917 bits per heavy atom. The fourth-order valence-corrected chi connectivity index (χ4v) is 1.97. The first-order valence-electron chi connectivity index (χ1n) is 7.70. The topological polar surface area (TPSA) is 120 Å². The Kier molecular flexibility index (Phi) is 7.66. The van der Waals surface area contributed by atoms with Gasteiger partial charge in [-0.05, 0) is 13.3 Å². The molecule has 0 aliphatic rings. The molecule has 2 rings (SSSR count). The molecule has 0 bridgehead atoms. The summed E-state index contributed by atoms with van der Waals surface area (Å²) >= 11 is 0. The maximum Gasteiger partial charge on any atom is 0.225 e. The summed E-state index contributed by atoms with van der Waals surface area (Å²) in [5.74, 6) is 2.15. The van der Waals surface area contributed by atoms with Crippen LogP contribution in [0, 0.1) is 0 Å². The zero-order valence-electron chi connectivity index (χ0n) is 14.3. The number of aliphatic hydroxyl groups is 1. The van der Waals surface area contributed by atoms with E-state index in [-0.39, 0.29) is 12.4 Å². The number of fused-ring (bicyclic) bond motifs is 1. The monoisotopic (exact) mass is 356 g/mol. The third kappa shape index (κ3) is 4.68. The van der Waals surface area contributed by atoms with Crippen molar-refractivity contribution < 1.29 is 5.11 Å². The van der Waals surface area contributed by atoms with E-state index in [9.17, 15) is 5.11 Å². The fourth-order valence-electron chi connectivity index (χ4n) is 1.97. The summed E-state index contributed by atoms with van der Waals surface area (Å²) in [7, 11) is 3.51. The number of nitrogens with zero attached hydrogens (tertiary/aromatic N) is 4. The SMILES string of the molecule is CCCNc1nc(NC)nc2c(NC[C@H](C)O)nc(NC)nc12.Cl. The molecule has 24 heavy (non-hydrogen) atoms. The molecule has 0 saturated heterocycles. The average Bonchev–Trinajstić information content (AvgIpc) is 2.56. The van der Waals surface area contributed by atoms with E-state index in [4.69, 9.17) is 0 Å². The van der Waals surface area contributed by atoms with Gasteiger partial charge >= 0.3 is 0 Å². The highest BCUT2D eigenvalue weighted by atomic mass is 35.5. The van der Waals surface area contributed by atoms with E-state index in [0.29, 0.717) is 41.1 Å². The molecule has 0 unspecified atom stereocenters. The molecule has 0 saturated carbocycles. The Morgan fingerprint density at radius 3 is 1.83 bits per heavy atom. The van der Waals surface area contributed by atoms with Gasteiger partial charge in [-0.25, -0.2) is 9.97 Å². The Morgan fingerprint density at radius 2 is 1.42 bits per heavy atom. The minimum absolute atomic E-state index is 0. The lowest BCUT2D eigenvalue weighted by Gasteiger charge is -2.14. The average molecular weight is 357 g/mol. The first kappa shape index (κ1) is 19.9. The van der Waals surface area contributed by atoms with Crippen LogP contribution < -0.4 is 21.3 Å². The number of hydrogen-bond acceptors (Lipinski definition) is 9. The van der Waals surface area contributed by atoms with Gasteiger partial charge in [-0.2, -0.15) is 9.97 Å².